The Morgan fingerprint density at radius 2 is 2.00 bits per heavy atom. The number of nitrogens with zero attached hydrogens (tertiary/aromatic N) is 4. The van der Waals surface area contributed by atoms with Crippen molar-refractivity contribution in [3.63, 3.8) is 0 Å². The quantitative estimate of drug-likeness (QED) is 0.653. The van der Waals surface area contributed by atoms with Crippen molar-refractivity contribution in [2.45, 2.75) is 13.0 Å². The number of halogens is 1. The molecule has 0 bridgehead atoms. The van der Waals surface area contributed by atoms with Crippen molar-refractivity contribution in [3.05, 3.63) is 58.1 Å². The van der Waals surface area contributed by atoms with Crippen LogP contribution >= 0.6 is 11.3 Å². The average molecular weight is 320 g/mol. The van der Waals surface area contributed by atoms with Gasteiger partial charge in [0.05, 0.1) is 13.2 Å². The minimum absolute atomic E-state index is 0.274. The van der Waals surface area contributed by atoms with Crippen LogP contribution in [0.2, 0.25) is 0 Å². The molecule has 0 saturated heterocycles. The van der Waals surface area contributed by atoms with E-state index in [1.54, 1.807) is 12.1 Å². The Balaban J connectivity index is 1.54. The third-order valence-electron chi connectivity index (χ3n) is 2.95. The molecule has 3 rings (SSSR count). The van der Waals surface area contributed by atoms with Gasteiger partial charge >= 0.3 is 5.69 Å². The van der Waals surface area contributed by atoms with Gasteiger partial charge in [0.1, 0.15) is 16.6 Å². The summed E-state index contributed by atoms with van der Waals surface area (Å²) in [5.74, 6) is 0.292. The maximum absolute atomic E-state index is 12.7. The zero-order valence-electron chi connectivity index (χ0n) is 11.6. The van der Waals surface area contributed by atoms with Crippen LogP contribution in [0.4, 0.5) is 4.39 Å². The SMILES string of the molecule is O=c1n(CCCOc2ccc(F)cc2)nnn1-c1cccs1. The predicted molar refractivity (Wildman–Crippen MR) is 80.0 cm³/mol. The van der Waals surface area contributed by atoms with E-state index in [0.29, 0.717) is 25.3 Å². The molecule has 0 spiro atoms. The summed E-state index contributed by atoms with van der Waals surface area (Å²) < 4.78 is 20.8. The van der Waals surface area contributed by atoms with Gasteiger partial charge in [0.15, 0.2) is 0 Å². The molecule has 0 atom stereocenters. The van der Waals surface area contributed by atoms with Crippen molar-refractivity contribution in [2.24, 2.45) is 0 Å². The number of ether oxygens (including phenoxy) is 1. The number of aryl methyl sites for hydroxylation is 1. The van der Waals surface area contributed by atoms with Gasteiger partial charge in [-0.2, -0.15) is 9.36 Å². The van der Waals surface area contributed by atoms with E-state index >= 15 is 0 Å². The highest BCUT2D eigenvalue weighted by atomic mass is 32.1. The van der Waals surface area contributed by atoms with Gasteiger partial charge in [-0.1, -0.05) is 0 Å². The predicted octanol–water partition coefficient (Wildman–Crippen LogP) is 2.10. The van der Waals surface area contributed by atoms with Gasteiger partial charge in [0, 0.05) is 6.42 Å². The molecular weight excluding hydrogens is 307 g/mol. The molecule has 2 aromatic heterocycles. The summed E-state index contributed by atoms with van der Waals surface area (Å²) in [4.78, 5) is 12.1. The van der Waals surface area contributed by atoms with Crippen LogP contribution in [-0.2, 0) is 6.54 Å². The van der Waals surface area contributed by atoms with Gasteiger partial charge in [-0.25, -0.2) is 9.18 Å². The number of tetrazole rings is 1. The van der Waals surface area contributed by atoms with Gasteiger partial charge in [-0.05, 0) is 52.2 Å². The second-order valence-electron chi connectivity index (χ2n) is 4.50. The minimum Gasteiger partial charge on any atom is -0.494 e. The zero-order valence-corrected chi connectivity index (χ0v) is 12.4. The lowest BCUT2D eigenvalue weighted by atomic mass is 10.3. The van der Waals surface area contributed by atoms with Crippen molar-refractivity contribution >= 4 is 11.3 Å². The standard InChI is InChI=1S/C14H13FN4O2S/c15-11-4-6-12(7-5-11)21-9-2-8-18-14(20)19(17-16-18)13-3-1-10-22-13/h1,3-7,10H,2,8-9H2. The molecule has 0 aliphatic rings. The first-order chi connectivity index (χ1) is 10.7. The van der Waals surface area contributed by atoms with E-state index in [1.807, 2.05) is 17.5 Å². The maximum Gasteiger partial charge on any atom is 0.369 e. The van der Waals surface area contributed by atoms with E-state index in [9.17, 15) is 9.18 Å². The summed E-state index contributed by atoms with van der Waals surface area (Å²) >= 11 is 1.42. The van der Waals surface area contributed by atoms with Crippen LogP contribution in [-0.4, -0.2) is 26.4 Å². The van der Waals surface area contributed by atoms with Crippen LogP contribution < -0.4 is 10.4 Å². The molecule has 8 heteroatoms. The summed E-state index contributed by atoms with van der Waals surface area (Å²) in [5, 5.41) is 10.3. The number of hydrogen-bond donors (Lipinski definition) is 0. The topological polar surface area (TPSA) is 61.9 Å². The summed E-state index contributed by atoms with van der Waals surface area (Å²) in [6.07, 6.45) is 0.598. The Morgan fingerprint density at radius 3 is 2.73 bits per heavy atom. The van der Waals surface area contributed by atoms with Gasteiger partial charge in [-0.3, -0.25) is 0 Å². The summed E-state index contributed by atoms with van der Waals surface area (Å²) in [6, 6.07) is 9.47. The van der Waals surface area contributed by atoms with Crippen molar-refractivity contribution in [3.8, 4) is 10.8 Å². The second kappa shape index (κ2) is 6.52. The number of rotatable bonds is 6. The summed E-state index contributed by atoms with van der Waals surface area (Å²) in [5.41, 5.74) is -0.274. The van der Waals surface area contributed by atoms with E-state index in [4.69, 9.17) is 4.74 Å². The largest absolute Gasteiger partial charge is 0.494 e. The van der Waals surface area contributed by atoms with Crippen molar-refractivity contribution < 1.29 is 9.13 Å². The molecule has 3 aromatic rings. The van der Waals surface area contributed by atoms with E-state index in [2.05, 4.69) is 10.4 Å². The maximum atomic E-state index is 12.7. The van der Waals surface area contributed by atoms with Crippen molar-refractivity contribution in [1.29, 1.82) is 0 Å². The highest BCUT2D eigenvalue weighted by Crippen LogP contribution is 2.12. The molecule has 22 heavy (non-hydrogen) atoms. The molecule has 0 aliphatic heterocycles. The smallest absolute Gasteiger partial charge is 0.369 e. The fourth-order valence-electron chi connectivity index (χ4n) is 1.88. The number of hydrogen-bond acceptors (Lipinski definition) is 5. The second-order valence-corrected chi connectivity index (χ2v) is 5.43. The molecular formula is C14H13FN4O2S. The summed E-state index contributed by atoms with van der Waals surface area (Å²) in [6.45, 7) is 0.815. The summed E-state index contributed by atoms with van der Waals surface area (Å²) in [7, 11) is 0. The fourth-order valence-corrected chi connectivity index (χ4v) is 2.55. The lowest BCUT2D eigenvalue weighted by molar-refractivity contribution is 0.296. The fraction of sp³-hybridized carbons (Fsp3) is 0.214. The molecule has 6 nitrogen and oxygen atoms in total. The van der Waals surface area contributed by atoms with Crippen molar-refractivity contribution in [2.75, 3.05) is 6.61 Å². The van der Waals surface area contributed by atoms with E-state index in [0.717, 1.165) is 5.00 Å². The Morgan fingerprint density at radius 1 is 1.18 bits per heavy atom. The van der Waals surface area contributed by atoms with E-state index in [-0.39, 0.29) is 11.5 Å². The van der Waals surface area contributed by atoms with Crippen LogP contribution in [0, 0.1) is 5.82 Å². The Kier molecular flexibility index (Phi) is 4.29. The monoisotopic (exact) mass is 320 g/mol. The Bertz CT molecular complexity index is 780. The average Bonchev–Trinajstić information content (AvgIpc) is 3.16. The van der Waals surface area contributed by atoms with Gasteiger partial charge in [-0.15, -0.1) is 11.3 Å². The zero-order chi connectivity index (χ0) is 15.4. The van der Waals surface area contributed by atoms with E-state index in [1.165, 1.54) is 32.8 Å². The third kappa shape index (κ3) is 3.22. The lowest BCUT2D eigenvalue weighted by Gasteiger charge is -2.05. The molecule has 114 valence electrons. The Labute approximate surface area is 129 Å². The van der Waals surface area contributed by atoms with E-state index < -0.39 is 0 Å². The van der Waals surface area contributed by atoms with Gasteiger partial charge in [0.25, 0.3) is 0 Å². The number of benzene rings is 1. The molecule has 0 saturated carbocycles. The highest BCUT2D eigenvalue weighted by molar-refractivity contribution is 7.12. The van der Waals surface area contributed by atoms with Crippen LogP contribution in [0.5, 0.6) is 5.75 Å². The first-order valence-electron chi connectivity index (χ1n) is 6.69. The number of thiophene rings is 1. The first-order valence-corrected chi connectivity index (χ1v) is 7.57. The molecule has 0 N–H and O–H groups in total. The molecule has 0 aliphatic carbocycles. The molecule has 0 amide bonds. The van der Waals surface area contributed by atoms with Gasteiger partial charge < -0.3 is 4.74 Å². The van der Waals surface area contributed by atoms with Crippen LogP contribution in [0.1, 0.15) is 6.42 Å². The van der Waals surface area contributed by atoms with Crippen LogP contribution in [0.3, 0.4) is 0 Å². The van der Waals surface area contributed by atoms with Crippen LogP contribution in [0.15, 0.2) is 46.6 Å². The minimum atomic E-state index is -0.302. The number of aromatic nitrogens is 4. The molecule has 0 fully saturated rings. The Hall–Kier alpha value is -2.48. The van der Waals surface area contributed by atoms with Gasteiger partial charge in [0.2, 0.25) is 0 Å². The van der Waals surface area contributed by atoms with Crippen molar-refractivity contribution in [1.82, 2.24) is 19.8 Å². The molecule has 0 radical (unpaired) electrons. The van der Waals surface area contributed by atoms with Crippen LogP contribution in [0.25, 0.3) is 5.00 Å². The molecule has 0 unspecified atom stereocenters. The molecule has 2 heterocycles. The molecule has 1 aromatic carbocycles. The first kappa shape index (κ1) is 14.5. The third-order valence-corrected chi connectivity index (χ3v) is 3.79. The highest BCUT2D eigenvalue weighted by Gasteiger charge is 2.09. The lowest BCUT2D eigenvalue weighted by Crippen LogP contribution is -2.24. The normalized spacial score (nSPS) is 10.8.